The average molecular weight is 368 g/mol. The third-order valence-electron chi connectivity index (χ3n) is 4.83. The summed E-state index contributed by atoms with van der Waals surface area (Å²) < 4.78 is 6.95. The van der Waals surface area contributed by atoms with Crippen LogP contribution in [0.15, 0.2) is 34.6 Å². The maximum Gasteiger partial charge on any atom is 0.339 e. The van der Waals surface area contributed by atoms with Crippen LogP contribution >= 0.6 is 11.3 Å². The standard InChI is InChI=1S/C20H20N2O3S/c1-12-3-5-15-16(11-26-17(15)7-12)20(24)25-10-14-8-19(23)22-9-13(2)4-6-18(22)21-14/h4,6,8-9,11-12H,3,5,7,10H2,1-2H3. The predicted octanol–water partition coefficient (Wildman–Crippen LogP) is 3.55. The summed E-state index contributed by atoms with van der Waals surface area (Å²) in [6, 6.07) is 5.11. The van der Waals surface area contributed by atoms with E-state index in [-0.39, 0.29) is 18.1 Å². The molecule has 0 fully saturated rings. The normalized spacial score (nSPS) is 16.5. The molecular formula is C20H20N2O3S. The summed E-state index contributed by atoms with van der Waals surface area (Å²) in [5, 5.41) is 1.90. The molecular weight excluding hydrogens is 348 g/mol. The van der Waals surface area contributed by atoms with Crippen molar-refractivity contribution in [3.8, 4) is 0 Å². The van der Waals surface area contributed by atoms with E-state index < -0.39 is 0 Å². The quantitative estimate of drug-likeness (QED) is 0.664. The number of esters is 1. The zero-order valence-corrected chi connectivity index (χ0v) is 15.6. The summed E-state index contributed by atoms with van der Waals surface area (Å²) in [7, 11) is 0. The molecule has 1 unspecified atom stereocenters. The Morgan fingerprint density at radius 2 is 2.27 bits per heavy atom. The number of aryl methyl sites for hydroxylation is 1. The molecule has 0 N–H and O–H groups in total. The number of nitrogens with zero attached hydrogens (tertiary/aromatic N) is 2. The highest BCUT2D eigenvalue weighted by molar-refractivity contribution is 7.10. The monoisotopic (exact) mass is 368 g/mol. The minimum Gasteiger partial charge on any atom is -0.456 e. The third-order valence-corrected chi connectivity index (χ3v) is 5.88. The average Bonchev–Trinajstić information content (AvgIpc) is 3.03. The molecule has 0 bridgehead atoms. The highest BCUT2D eigenvalue weighted by Gasteiger charge is 2.24. The van der Waals surface area contributed by atoms with Crippen LogP contribution in [0.3, 0.4) is 0 Å². The van der Waals surface area contributed by atoms with Gasteiger partial charge in [0.1, 0.15) is 12.3 Å². The second kappa shape index (κ2) is 6.68. The Morgan fingerprint density at radius 1 is 1.42 bits per heavy atom. The van der Waals surface area contributed by atoms with E-state index in [1.807, 2.05) is 18.4 Å². The first kappa shape index (κ1) is 17.0. The number of hydrogen-bond acceptors (Lipinski definition) is 5. The first-order valence-electron chi connectivity index (χ1n) is 8.76. The predicted molar refractivity (Wildman–Crippen MR) is 101 cm³/mol. The Morgan fingerprint density at radius 3 is 3.12 bits per heavy atom. The molecule has 6 heteroatoms. The van der Waals surface area contributed by atoms with Gasteiger partial charge in [0.05, 0.1) is 11.3 Å². The van der Waals surface area contributed by atoms with Crippen molar-refractivity contribution in [3.05, 3.63) is 67.4 Å². The smallest absolute Gasteiger partial charge is 0.339 e. The molecule has 0 spiro atoms. The Balaban J connectivity index is 1.53. The van der Waals surface area contributed by atoms with Gasteiger partial charge in [-0.15, -0.1) is 11.3 Å². The lowest BCUT2D eigenvalue weighted by Gasteiger charge is -2.18. The van der Waals surface area contributed by atoms with E-state index in [0.29, 0.717) is 22.8 Å². The number of thiophene rings is 1. The fourth-order valence-electron chi connectivity index (χ4n) is 3.40. The van der Waals surface area contributed by atoms with Crippen molar-refractivity contribution in [2.24, 2.45) is 5.92 Å². The van der Waals surface area contributed by atoms with Gasteiger partial charge < -0.3 is 4.74 Å². The molecule has 0 saturated heterocycles. The zero-order chi connectivity index (χ0) is 18.3. The maximum absolute atomic E-state index is 12.5. The summed E-state index contributed by atoms with van der Waals surface area (Å²) >= 11 is 1.64. The second-order valence-electron chi connectivity index (χ2n) is 7.00. The van der Waals surface area contributed by atoms with E-state index in [9.17, 15) is 9.59 Å². The molecule has 4 rings (SSSR count). The summed E-state index contributed by atoms with van der Waals surface area (Å²) in [5.74, 6) is 0.339. The number of carbonyl (C=O) groups excluding carboxylic acids is 1. The van der Waals surface area contributed by atoms with Crippen LogP contribution in [-0.4, -0.2) is 15.4 Å². The molecule has 0 aliphatic heterocycles. The highest BCUT2D eigenvalue weighted by atomic mass is 32.1. The fraction of sp³-hybridized carbons (Fsp3) is 0.350. The molecule has 0 saturated carbocycles. The van der Waals surface area contributed by atoms with E-state index in [2.05, 4.69) is 11.9 Å². The van der Waals surface area contributed by atoms with Gasteiger partial charge in [0.25, 0.3) is 5.56 Å². The number of pyridine rings is 1. The molecule has 0 amide bonds. The second-order valence-corrected chi connectivity index (χ2v) is 7.96. The van der Waals surface area contributed by atoms with Gasteiger partial charge in [-0.3, -0.25) is 9.20 Å². The van der Waals surface area contributed by atoms with Gasteiger partial charge in [-0.05, 0) is 49.3 Å². The summed E-state index contributed by atoms with van der Waals surface area (Å²) in [5.41, 5.74) is 3.63. The first-order chi connectivity index (χ1) is 12.5. The van der Waals surface area contributed by atoms with Crippen LogP contribution in [0.1, 0.15) is 45.4 Å². The molecule has 26 heavy (non-hydrogen) atoms. The Hall–Kier alpha value is -2.47. The minimum atomic E-state index is -0.331. The third kappa shape index (κ3) is 3.17. The van der Waals surface area contributed by atoms with Crippen molar-refractivity contribution >= 4 is 23.0 Å². The molecule has 0 radical (unpaired) electrons. The van der Waals surface area contributed by atoms with Crippen molar-refractivity contribution < 1.29 is 9.53 Å². The number of fused-ring (bicyclic) bond motifs is 2. The largest absolute Gasteiger partial charge is 0.456 e. The molecule has 5 nitrogen and oxygen atoms in total. The Kier molecular flexibility index (Phi) is 4.36. The van der Waals surface area contributed by atoms with E-state index in [4.69, 9.17) is 4.74 Å². The lowest BCUT2D eigenvalue weighted by molar-refractivity contribution is 0.0466. The zero-order valence-electron chi connectivity index (χ0n) is 14.8. The topological polar surface area (TPSA) is 60.7 Å². The maximum atomic E-state index is 12.5. The summed E-state index contributed by atoms with van der Waals surface area (Å²) in [6.45, 7) is 4.16. The van der Waals surface area contributed by atoms with Crippen LogP contribution in [0.4, 0.5) is 0 Å². The van der Waals surface area contributed by atoms with Crippen molar-refractivity contribution in [1.29, 1.82) is 0 Å². The summed E-state index contributed by atoms with van der Waals surface area (Å²) in [6.07, 6.45) is 4.82. The van der Waals surface area contributed by atoms with E-state index >= 15 is 0 Å². The molecule has 0 aromatic carbocycles. The lowest BCUT2D eigenvalue weighted by atomic mass is 9.88. The molecule has 3 aromatic heterocycles. The number of rotatable bonds is 3. The molecule has 1 aliphatic carbocycles. The van der Waals surface area contributed by atoms with Crippen LogP contribution in [-0.2, 0) is 24.2 Å². The van der Waals surface area contributed by atoms with Gasteiger partial charge in [-0.25, -0.2) is 9.78 Å². The number of hydrogen-bond donors (Lipinski definition) is 0. The van der Waals surface area contributed by atoms with Gasteiger partial charge in [0.2, 0.25) is 0 Å². The van der Waals surface area contributed by atoms with Crippen LogP contribution in [0.25, 0.3) is 5.65 Å². The number of ether oxygens (including phenoxy) is 1. The van der Waals surface area contributed by atoms with Crippen molar-refractivity contribution in [1.82, 2.24) is 9.38 Å². The lowest BCUT2D eigenvalue weighted by Crippen LogP contribution is -2.17. The molecule has 134 valence electrons. The number of carbonyl (C=O) groups is 1. The Labute approximate surface area is 155 Å². The summed E-state index contributed by atoms with van der Waals surface area (Å²) in [4.78, 5) is 30.4. The highest BCUT2D eigenvalue weighted by Crippen LogP contribution is 2.33. The van der Waals surface area contributed by atoms with Gasteiger partial charge in [-0.2, -0.15) is 0 Å². The van der Waals surface area contributed by atoms with E-state index in [1.54, 1.807) is 23.6 Å². The van der Waals surface area contributed by atoms with Crippen LogP contribution in [0, 0.1) is 12.8 Å². The van der Waals surface area contributed by atoms with Crippen molar-refractivity contribution in [2.75, 3.05) is 0 Å². The van der Waals surface area contributed by atoms with Gasteiger partial charge >= 0.3 is 5.97 Å². The molecule has 3 aromatic rings. The number of aromatic nitrogens is 2. The van der Waals surface area contributed by atoms with Gasteiger partial charge in [-0.1, -0.05) is 13.0 Å². The van der Waals surface area contributed by atoms with Gasteiger partial charge in [0, 0.05) is 22.5 Å². The molecule has 1 aliphatic rings. The SMILES string of the molecule is Cc1ccc2nc(COC(=O)c3csc4c3CCC(C)C4)cc(=O)n2c1. The fourth-order valence-corrected chi connectivity index (χ4v) is 4.63. The molecule has 3 heterocycles. The van der Waals surface area contributed by atoms with Crippen LogP contribution in [0.5, 0.6) is 0 Å². The van der Waals surface area contributed by atoms with Crippen molar-refractivity contribution in [2.45, 2.75) is 39.7 Å². The van der Waals surface area contributed by atoms with Gasteiger partial charge in [0.15, 0.2) is 0 Å². The first-order valence-corrected chi connectivity index (χ1v) is 9.64. The van der Waals surface area contributed by atoms with E-state index in [0.717, 1.165) is 30.4 Å². The van der Waals surface area contributed by atoms with E-state index in [1.165, 1.54) is 15.3 Å². The van der Waals surface area contributed by atoms with Crippen LogP contribution < -0.4 is 5.56 Å². The molecule has 1 atom stereocenters. The van der Waals surface area contributed by atoms with Crippen LogP contribution in [0.2, 0.25) is 0 Å². The Bertz CT molecular complexity index is 1050. The minimum absolute atomic E-state index is 0.000523. The van der Waals surface area contributed by atoms with Crippen molar-refractivity contribution in [3.63, 3.8) is 0 Å².